The van der Waals surface area contributed by atoms with Crippen LogP contribution < -0.4 is 5.32 Å². The number of hydrogen-bond donors (Lipinski definition) is 1. The molecule has 0 saturated heterocycles. The Hall–Kier alpha value is -0.900. The van der Waals surface area contributed by atoms with Crippen LogP contribution in [0, 0.1) is 10.8 Å². The highest BCUT2D eigenvalue weighted by molar-refractivity contribution is 5.24. The molecular formula is C13H21N3O. The van der Waals surface area contributed by atoms with Gasteiger partial charge in [-0.3, -0.25) is 0 Å². The van der Waals surface area contributed by atoms with E-state index in [2.05, 4.69) is 43.2 Å². The van der Waals surface area contributed by atoms with E-state index in [0.717, 1.165) is 18.3 Å². The predicted molar refractivity (Wildman–Crippen MR) is 64.5 cm³/mol. The highest BCUT2D eigenvalue weighted by Crippen LogP contribution is 2.73. The second-order valence-electron chi connectivity index (χ2n) is 6.58. The lowest BCUT2D eigenvalue weighted by molar-refractivity contribution is 0.359. The Labute approximate surface area is 102 Å². The SMILES string of the molecule is CC1(C)C(c2nc(CNC3CC3)no2)C1(C)C. The Balaban J connectivity index is 1.68. The van der Waals surface area contributed by atoms with Crippen molar-refractivity contribution in [1.29, 1.82) is 0 Å². The van der Waals surface area contributed by atoms with Gasteiger partial charge in [-0.2, -0.15) is 4.98 Å². The maximum absolute atomic E-state index is 5.41. The van der Waals surface area contributed by atoms with Crippen LogP contribution in [0.1, 0.15) is 58.2 Å². The lowest BCUT2D eigenvalue weighted by Gasteiger charge is -2.03. The predicted octanol–water partition coefficient (Wildman–Crippen LogP) is 2.47. The van der Waals surface area contributed by atoms with Crippen molar-refractivity contribution in [3.8, 4) is 0 Å². The lowest BCUT2D eigenvalue weighted by atomic mass is 10.0. The third-order valence-corrected chi connectivity index (χ3v) is 4.88. The molecule has 0 aromatic carbocycles. The molecule has 3 rings (SSSR count). The monoisotopic (exact) mass is 235 g/mol. The minimum atomic E-state index is 0.265. The summed E-state index contributed by atoms with van der Waals surface area (Å²) in [5.41, 5.74) is 0.529. The second kappa shape index (κ2) is 3.31. The third kappa shape index (κ3) is 1.69. The summed E-state index contributed by atoms with van der Waals surface area (Å²) < 4.78 is 5.41. The van der Waals surface area contributed by atoms with Crippen molar-refractivity contribution in [3.05, 3.63) is 11.7 Å². The molecule has 2 saturated carbocycles. The van der Waals surface area contributed by atoms with Gasteiger partial charge in [0, 0.05) is 12.0 Å². The van der Waals surface area contributed by atoms with Crippen molar-refractivity contribution in [2.75, 3.05) is 0 Å². The molecule has 0 unspecified atom stereocenters. The van der Waals surface area contributed by atoms with Gasteiger partial charge in [0.15, 0.2) is 5.82 Å². The Morgan fingerprint density at radius 3 is 2.41 bits per heavy atom. The Kier molecular flexibility index (Phi) is 2.18. The highest BCUT2D eigenvalue weighted by atomic mass is 16.5. The molecule has 0 aliphatic heterocycles. The first-order valence-corrected chi connectivity index (χ1v) is 6.49. The summed E-state index contributed by atoms with van der Waals surface area (Å²) in [6.07, 6.45) is 2.57. The van der Waals surface area contributed by atoms with Gasteiger partial charge in [-0.05, 0) is 23.7 Å². The van der Waals surface area contributed by atoms with Gasteiger partial charge in [-0.25, -0.2) is 0 Å². The summed E-state index contributed by atoms with van der Waals surface area (Å²) in [5.74, 6) is 2.01. The zero-order valence-corrected chi connectivity index (χ0v) is 11.1. The number of rotatable bonds is 4. The molecule has 17 heavy (non-hydrogen) atoms. The zero-order valence-electron chi connectivity index (χ0n) is 11.1. The Morgan fingerprint density at radius 1 is 1.24 bits per heavy atom. The van der Waals surface area contributed by atoms with Gasteiger partial charge in [0.25, 0.3) is 0 Å². The molecule has 1 heterocycles. The molecule has 2 aliphatic rings. The van der Waals surface area contributed by atoms with E-state index >= 15 is 0 Å². The molecule has 0 spiro atoms. The molecule has 0 amide bonds. The summed E-state index contributed by atoms with van der Waals surface area (Å²) in [6, 6.07) is 0.686. The van der Waals surface area contributed by atoms with Crippen LogP contribution in [0.2, 0.25) is 0 Å². The first-order valence-electron chi connectivity index (χ1n) is 6.49. The van der Waals surface area contributed by atoms with Gasteiger partial charge < -0.3 is 9.84 Å². The van der Waals surface area contributed by atoms with Crippen molar-refractivity contribution < 1.29 is 4.52 Å². The minimum Gasteiger partial charge on any atom is -0.339 e. The number of nitrogens with zero attached hydrogens (tertiary/aromatic N) is 2. The molecule has 94 valence electrons. The van der Waals surface area contributed by atoms with Crippen LogP contribution in [0.15, 0.2) is 4.52 Å². The molecule has 1 aromatic rings. The van der Waals surface area contributed by atoms with E-state index in [4.69, 9.17) is 4.52 Å². The van der Waals surface area contributed by atoms with Crippen LogP contribution in [-0.2, 0) is 6.54 Å². The Bertz CT molecular complexity index is 418. The van der Waals surface area contributed by atoms with Gasteiger partial charge in [0.05, 0.1) is 6.54 Å². The third-order valence-electron chi connectivity index (χ3n) is 4.88. The first-order chi connectivity index (χ1) is 7.93. The second-order valence-corrected chi connectivity index (χ2v) is 6.58. The molecule has 1 aromatic heterocycles. The molecule has 1 N–H and O–H groups in total. The van der Waals surface area contributed by atoms with E-state index in [9.17, 15) is 0 Å². The smallest absolute Gasteiger partial charge is 0.230 e. The topological polar surface area (TPSA) is 51.0 Å². The van der Waals surface area contributed by atoms with E-state index in [-0.39, 0.29) is 10.8 Å². The molecule has 2 fully saturated rings. The molecular weight excluding hydrogens is 214 g/mol. The van der Waals surface area contributed by atoms with Gasteiger partial charge in [-0.15, -0.1) is 0 Å². The normalized spacial score (nSPS) is 26.1. The summed E-state index contributed by atoms with van der Waals surface area (Å²) >= 11 is 0. The van der Waals surface area contributed by atoms with Crippen LogP contribution >= 0.6 is 0 Å². The van der Waals surface area contributed by atoms with Gasteiger partial charge in [-0.1, -0.05) is 32.9 Å². The van der Waals surface area contributed by atoms with E-state index < -0.39 is 0 Å². The average Bonchev–Trinajstić information content (AvgIpc) is 3.05. The van der Waals surface area contributed by atoms with Crippen molar-refractivity contribution in [1.82, 2.24) is 15.5 Å². The average molecular weight is 235 g/mol. The van der Waals surface area contributed by atoms with Crippen LogP contribution in [0.25, 0.3) is 0 Å². The van der Waals surface area contributed by atoms with Crippen molar-refractivity contribution in [2.24, 2.45) is 10.8 Å². The van der Waals surface area contributed by atoms with Gasteiger partial charge in [0.2, 0.25) is 5.89 Å². The number of hydrogen-bond acceptors (Lipinski definition) is 4. The largest absolute Gasteiger partial charge is 0.339 e. The van der Waals surface area contributed by atoms with Crippen LogP contribution in [0.3, 0.4) is 0 Å². The highest BCUT2D eigenvalue weighted by Gasteiger charge is 2.67. The number of aromatic nitrogens is 2. The molecule has 0 bridgehead atoms. The molecule has 0 radical (unpaired) electrons. The van der Waals surface area contributed by atoms with Crippen molar-refractivity contribution in [3.63, 3.8) is 0 Å². The van der Waals surface area contributed by atoms with E-state index in [1.807, 2.05) is 0 Å². The van der Waals surface area contributed by atoms with E-state index in [1.165, 1.54) is 12.8 Å². The van der Waals surface area contributed by atoms with Crippen LogP contribution in [0.5, 0.6) is 0 Å². The zero-order chi connectivity index (χ0) is 12.3. The quantitative estimate of drug-likeness (QED) is 0.871. The molecule has 4 heteroatoms. The van der Waals surface area contributed by atoms with Crippen LogP contribution in [-0.4, -0.2) is 16.2 Å². The maximum atomic E-state index is 5.41. The van der Waals surface area contributed by atoms with E-state index in [0.29, 0.717) is 12.0 Å². The first kappa shape index (κ1) is 11.2. The van der Waals surface area contributed by atoms with Gasteiger partial charge in [0.1, 0.15) is 0 Å². The molecule has 4 nitrogen and oxygen atoms in total. The fourth-order valence-corrected chi connectivity index (χ4v) is 2.79. The Morgan fingerprint density at radius 2 is 1.88 bits per heavy atom. The standard InChI is InChI=1S/C13H21N3O/c1-12(2)10(13(12,3)4)11-15-9(16-17-11)7-14-8-5-6-8/h8,10,14H,5-7H2,1-4H3. The molecule has 0 atom stereocenters. The maximum Gasteiger partial charge on any atom is 0.230 e. The summed E-state index contributed by atoms with van der Waals surface area (Å²) in [5, 5.41) is 7.46. The fraction of sp³-hybridized carbons (Fsp3) is 0.846. The number of nitrogens with one attached hydrogen (secondary N) is 1. The van der Waals surface area contributed by atoms with Crippen molar-refractivity contribution >= 4 is 0 Å². The summed E-state index contributed by atoms with van der Waals surface area (Å²) in [6.45, 7) is 9.81. The minimum absolute atomic E-state index is 0.265. The van der Waals surface area contributed by atoms with Crippen molar-refractivity contribution in [2.45, 2.75) is 59.0 Å². The summed E-state index contributed by atoms with van der Waals surface area (Å²) in [4.78, 5) is 4.52. The van der Waals surface area contributed by atoms with E-state index in [1.54, 1.807) is 0 Å². The fourth-order valence-electron chi connectivity index (χ4n) is 2.79. The summed E-state index contributed by atoms with van der Waals surface area (Å²) in [7, 11) is 0. The van der Waals surface area contributed by atoms with Gasteiger partial charge >= 0.3 is 0 Å². The lowest BCUT2D eigenvalue weighted by Crippen LogP contribution is -2.16. The van der Waals surface area contributed by atoms with Crippen LogP contribution in [0.4, 0.5) is 0 Å². The molecule has 2 aliphatic carbocycles.